The van der Waals surface area contributed by atoms with Crippen molar-refractivity contribution in [3.63, 3.8) is 0 Å². The van der Waals surface area contributed by atoms with Crippen molar-refractivity contribution in [2.45, 2.75) is 69.3 Å². The molecule has 3 N–H and O–H groups in total. The van der Waals surface area contributed by atoms with Crippen molar-refractivity contribution in [3.05, 3.63) is 42.5 Å². The Morgan fingerprint density at radius 1 is 1.43 bits per heavy atom. The van der Waals surface area contributed by atoms with Crippen LogP contribution in [0.15, 0.2) is 41.8 Å². The van der Waals surface area contributed by atoms with Crippen LogP contribution in [0.25, 0.3) is 0 Å². The van der Waals surface area contributed by atoms with Crippen LogP contribution in [0.1, 0.15) is 57.4 Å². The Morgan fingerprint density at radius 2 is 2.18 bits per heavy atom. The van der Waals surface area contributed by atoms with Crippen LogP contribution in [0.5, 0.6) is 0 Å². The molecule has 0 aromatic heterocycles. The van der Waals surface area contributed by atoms with E-state index in [1.54, 1.807) is 11.9 Å². The minimum Gasteiger partial charge on any atom is -0.383 e. The predicted molar refractivity (Wildman–Crippen MR) is 118 cm³/mol. The lowest BCUT2D eigenvalue weighted by atomic mass is 9.77. The Bertz CT molecular complexity index is 620. The topological polar surface area (TPSA) is 61.4 Å². The molecule has 1 amide bonds. The zero-order valence-corrected chi connectivity index (χ0v) is 18.2. The highest BCUT2D eigenvalue weighted by atomic mass is 32.2. The summed E-state index contributed by atoms with van der Waals surface area (Å²) in [5.41, 5.74) is 1.47. The number of amides is 1. The molecule has 1 aliphatic carbocycles. The van der Waals surface area contributed by atoms with Gasteiger partial charge in [0.2, 0.25) is 5.91 Å². The molecule has 3 unspecified atom stereocenters. The molecule has 0 radical (unpaired) electrons. The van der Waals surface area contributed by atoms with Crippen LogP contribution < -0.4 is 10.0 Å². The van der Waals surface area contributed by atoms with Gasteiger partial charge in [0.15, 0.2) is 0 Å². The summed E-state index contributed by atoms with van der Waals surface area (Å²) in [6.45, 7) is 6.65. The highest BCUT2D eigenvalue weighted by molar-refractivity contribution is 7.97. The Hall–Kier alpha value is -1.30. The fraction of sp³-hybridized carbons (Fsp3) is 0.609. The van der Waals surface area contributed by atoms with Gasteiger partial charge in [0, 0.05) is 11.4 Å². The molecular weight excluding hydrogens is 368 g/mol. The van der Waals surface area contributed by atoms with Crippen LogP contribution in [-0.4, -0.2) is 30.7 Å². The van der Waals surface area contributed by atoms with E-state index in [1.807, 2.05) is 13.1 Å². The van der Waals surface area contributed by atoms with Gasteiger partial charge in [0.25, 0.3) is 0 Å². The third-order valence-electron chi connectivity index (χ3n) is 6.16. The average molecular weight is 405 g/mol. The van der Waals surface area contributed by atoms with E-state index < -0.39 is 6.10 Å². The fourth-order valence-electron chi connectivity index (χ4n) is 4.35. The van der Waals surface area contributed by atoms with E-state index in [1.165, 1.54) is 24.8 Å². The van der Waals surface area contributed by atoms with Gasteiger partial charge in [-0.1, -0.05) is 31.6 Å². The van der Waals surface area contributed by atoms with Gasteiger partial charge in [0.05, 0.1) is 0 Å². The van der Waals surface area contributed by atoms with Gasteiger partial charge >= 0.3 is 0 Å². The molecule has 28 heavy (non-hydrogen) atoms. The van der Waals surface area contributed by atoms with Crippen LogP contribution >= 0.6 is 11.9 Å². The van der Waals surface area contributed by atoms with Crippen LogP contribution in [0.4, 0.5) is 0 Å². The maximum absolute atomic E-state index is 12.3. The van der Waals surface area contributed by atoms with E-state index >= 15 is 0 Å². The quantitative estimate of drug-likeness (QED) is 0.355. The molecule has 1 saturated carbocycles. The third kappa shape index (κ3) is 6.94. The molecule has 1 aliphatic rings. The number of benzene rings is 1. The molecule has 1 aromatic carbocycles. The largest absolute Gasteiger partial charge is 0.383 e. The maximum atomic E-state index is 12.3. The van der Waals surface area contributed by atoms with Crippen LogP contribution in [0, 0.1) is 11.3 Å². The Kier molecular flexibility index (Phi) is 9.56. The molecule has 5 heteroatoms. The second kappa shape index (κ2) is 11.6. The molecule has 0 aliphatic heterocycles. The zero-order valence-electron chi connectivity index (χ0n) is 17.4. The fourth-order valence-corrected chi connectivity index (χ4v) is 4.86. The monoisotopic (exact) mass is 404 g/mol. The first-order valence-corrected chi connectivity index (χ1v) is 11.3. The zero-order chi connectivity index (χ0) is 20.4. The first kappa shape index (κ1) is 23.0. The SMILES string of the molecule is C=CCC1CCC(CC)(CCC(O)C(=O)NCCc2ccc(SNC)cc2)C1. The predicted octanol–water partition coefficient (Wildman–Crippen LogP) is 4.49. The number of hydrogen-bond donors (Lipinski definition) is 3. The molecule has 4 nitrogen and oxygen atoms in total. The average Bonchev–Trinajstić information content (AvgIpc) is 3.11. The molecule has 1 fully saturated rings. The Morgan fingerprint density at radius 3 is 2.82 bits per heavy atom. The van der Waals surface area contributed by atoms with Crippen LogP contribution in [-0.2, 0) is 11.2 Å². The van der Waals surface area contributed by atoms with Crippen molar-refractivity contribution >= 4 is 17.9 Å². The van der Waals surface area contributed by atoms with Gasteiger partial charge in [-0.25, -0.2) is 0 Å². The number of carbonyl (C=O) groups is 1. The van der Waals surface area contributed by atoms with Crippen molar-refractivity contribution in [3.8, 4) is 0 Å². The summed E-state index contributed by atoms with van der Waals surface area (Å²) in [6, 6.07) is 8.29. The molecule has 1 aromatic rings. The number of carbonyl (C=O) groups excluding carboxylic acids is 1. The van der Waals surface area contributed by atoms with E-state index in [0.717, 1.165) is 36.5 Å². The number of rotatable bonds is 12. The Balaban J connectivity index is 1.71. The lowest BCUT2D eigenvalue weighted by molar-refractivity contribution is -0.129. The number of allylic oxidation sites excluding steroid dienone is 1. The smallest absolute Gasteiger partial charge is 0.248 e. The van der Waals surface area contributed by atoms with Gasteiger partial charge in [0.1, 0.15) is 6.10 Å². The van der Waals surface area contributed by atoms with Gasteiger partial charge in [-0.3, -0.25) is 9.52 Å². The van der Waals surface area contributed by atoms with Crippen molar-refractivity contribution in [1.82, 2.24) is 10.0 Å². The van der Waals surface area contributed by atoms with Gasteiger partial charge in [-0.05, 0) is 93.0 Å². The van der Waals surface area contributed by atoms with Gasteiger partial charge in [-0.15, -0.1) is 6.58 Å². The maximum Gasteiger partial charge on any atom is 0.248 e. The van der Waals surface area contributed by atoms with Crippen molar-refractivity contribution in [1.29, 1.82) is 0 Å². The van der Waals surface area contributed by atoms with Crippen molar-refractivity contribution in [2.75, 3.05) is 13.6 Å². The third-order valence-corrected chi connectivity index (χ3v) is 6.87. The minimum atomic E-state index is -0.906. The number of nitrogens with one attached hydrogen (secondary N) is 2. The Labute approximate surface area is 174 Å². The first-order valence-electron chi connectivity index (χ1n) is 10.5. The second-order valence-electron chi connectivity index (χ2n) is 8.03. The van der Waals surface area contributed by atoms with E-state index in [4.69, 9.17) is 0 Å². The van der Waals surface area contributed by atoms with E-state index in [-0.39, 0.29) is 5.91 Å². The van der Waals surface area contributed by atoms with Gasteiger partial charge in [-0.2, -0.15) is 0 Å². The number of aliphatic hydroxyl groups is 1. The van der Waals surface area contributed by atoms with Crippen molar-refractivity contribution < 1.29 is 9.90 Å². The molecule has 3 atom stereocenters. The molecule has 0 saturated heterocycles. The second-order valence-corrected chi connectivity index (χ2v) is 9.12. The highest BCUT2D eigenvalue weighted by Gasteiger charge is 2.37. The van der Waals surface area contributed by atoms with Crippen molar-refractivity contribution in [2.24, 2.45) is 11.3 Å². The van der Waals surface area contributed by atoms with Crippen LogP contribution in [0.3, 0.4) is 0 Å². The summed E-state index contributed by atoms with van der Waals surface area (Å²) in [4.78, 5) is 13.4. The lowest BCUT2D eigenvalue weighted by Gasteiger charge is -2.29. The van der Waals surface area contributed by atoms with E-state index in [2.05, 4.69) is 47.8 Å². The molecule has 0 bridgehead atoms. The summed E-state index contributed by atoms with van der Waals surface area (Å²) < 4.78 is 3.05. The normalized spacial score (nSPS) is 22.8. The van der Waals surface area contributed by atoms with Crippen LogP contribution in [0.2, 0.25) is 0 Å². The lowest BCUT2D eigenvalue weighted by Crippen LogP contribution is -2.36. The highest BCUT2D eigenvalue weighted by Crippen LogP contribution is 2.48. The standard InChI is InChI=1S/C23H36N2O2S/c1-4-6-19-11-14-23(5-2,17-19)15-12-21(26)22(27)25-16-13-18-7-9-20(10-8-18)28-24-3/h4,7-10,19,21,24,26H,1,5-6,11-17H2,2-3H3,(H,25,27). The summed E-state index contributed by atoms with van der Waals surface area (Å²) in [6.07, 6.45) is 9.22. The van der Waals surface area contributed by atoms with E-state index in [9.17, 15) is 9.90 Å². The molecule has 0 heterocycles. The van der Waals surface area contributed by atoms with Gasteiger partial charge < -0.3 is 10.4 Å². The summed E-state index contributed by atoms with van der Waals surface area (Å²) in [7, 11) is 1.90. The summed E-state index contributed by atoms with van der Waals surface area (Å²) in [5.74, 6) is 0.482. The minimum absolute atomic E-state index is 0.241. The molecule has 156 valence electrons. The van der Waals surface area contributed by atoms with E-state index in [0.29, 0.717) is 18.4 Å². The molecule has 0 spiro atoms. The summed E-state index contributed by atoms with van der Waals surface area (Å²) >= 11 is 1.58. The summed E-state index contributed by atoms with van der Waals surface area (Å²) in [5, 5.41) is 13.2. The molecule has 2 rings (SSSR count). The molecular formula is C23H36N2O2S. The number of aliphatic hydroxyl groups excluding tert-OH is 1. The first-order chi connectivity index (χ1) is 13.5. The number of hydrogen-bond acceptors (Lipinski definition) is 4.